The third kappa shape index (κ3) is 4.29. The Labute approximate surface area is 194 Å². The smallest absolute Gasteiger partial charge is 0.308 e. The van der Waals surface area contributed by atoms with Crippen LogP contribution in [0.15, 0.2) is 46.1 Å². The Kier molecular flexibility index (Phi) is 6.34. The van der Waals surface area contributed by atoms with E-state index in [1.54, 1.807) is 10.6 Å². The second kappa shape index (κ2) is 9.05. The summed E-state index contributed by atoms with van der Waals surface area (Å²) in [6.45, 7) is 2.89. The molecule has 8 nitrogen and oxygen atoms in total. The molecular formula is C22H21FN4O4S2. The molecule has 0 saturated carbocycles. The molecule has 0 atom stereocenters. The molecule has 0 spiro atoms. The van der Waals surface area contributed by atoms with Gasteiger partial charge in [-0.1, -0.05) is 18.3 Å². The maximum absolute atomic E-state index is 14.2. The number of nitriles is 1. The van der Waals surface area contributed by atoms with Gasteiger partial charge >= 0.3 is 4.87 Å². The summed E-state index contributed by atoms with van der Waals surface area (Å²) in [5.74, 6) is -1.33. The molecule has 1 fully saturated rings. The molecule has 3 aromatic rings. The average Bonchev–Trinajstić information content (AvgIpc) is 3.13. The van der Waals surface area contributed by atoms with Crippen LogP contribution in [0.2, 0.25) is 0 Å². The molecule has 1 amide bonds. The zero-order valence-electron chi connectivity index (χ0n) is 17.8. The Hall–Kier alpha value is -3.07. The van der Waals surface area contributed by atoms with Crippen LogP contribution in [-0.4, -0.2) is 54.3 Å². The monoisotopic (exact) mass is 488 g/mol. The maximum Gasteiger partial charge on any atom is 0.308 e. The lowest BCUT2D eigenvalue weighted by molar-refractivity contribution is 0.0693. The van der Waals surface area contributed by atoms with Crippen LogP contribution in [0.3, 0.4) is 0 Å². The van der Waals surface area contributed by atoms with Gasteiger partial charge in [0.15, 0.2) is 0 Å². The Bertz CT molecular complexity index is 1430. The number of rotatable bonds is 5. The van der Waals surface area contributed by atoms with Crippen molar-refractivity contribution in [3.05, 3.63) is 63.0 Å². The van der Waals surface area contributed by atoms with Crippen LogP contribution in [0.1, 0.15) is 29.3 Å². The van der Waals surface area contributed by atoms with Crippen molar-refractivity contribution in [1.82, 2.24) is 13.8 Å². The van der Waals surface area contributed by atoms with Crippen molar-refractivity contribution in [2.45, 2.75) is 24.8 Å². The summed E-state index contributed by atoms with van der Waals surface area (Å²) in [5, 5.41) is 8.85. The Morgan fingerprint density at radius 2 is 1.88 bits per heavy atom. The first kappa shape index (κ1) is 23.1. The van der Waals surface area contributed by atoms with Crippen molar-refractivity contribution in [1.29, 1.82) is 5.26 Å². The fourth-order valence-corrected chi connectivity index (χ4v) is 6.33. The minimum absolute atomic E-state index is 0.0666. The van der Waals surface area contributed by atoms with Crippen LogP contribution < -0.4 is 4.87 Å². The van der Waals surface area contributed by atoms with Gasteiger partial charge in [0, 0.05) is 32.7 Å². The molecule has 1 aliphatic heterocycles. The maximum atomic E-state index is 14.2. The number of hydrogen-bond donors (Lipinski definition) is 0. The predicted molar refractivity (Wildman–Crippen MR) is 122 cm³/mol. The number of sulfonamides is 1. The molecule has 172 valence electrons. The van der Waals surface area contributed by atoms with Gasteiger partial charge in [0.2, 0.25) is 10.0 Å². The number of fused-ring (bicyclic) bond motifs is 1. The van der Waals surface area contributed by atoms with E-state index in [4.69, 9.17) is 5.26 Å². The molecule has 0 aliphatic carbocycles. The van der Waals surface area contributed by atoms with Crippen molar-refractivity contribution < 1.29 is 17.6 Å². The van der Waals surface area contributed by atoms with Crippen molar-refractivity contribution in [2.24, 2.45) is 0 Å². The van der Waals surface area contributed by atoms with E-state index >= 15 is 0 Å². The Balaban J connectivity index is 1.51. The second-order valence-corrected chi connectivity index (χ2v) is 10.6. The van der Waals surface area contributed by atoms with Crippen LogP contribution in [0.4, 0.5) is 4.39 Å². The van der Waals surface area contributed by atoms with E-state index in [9.17, 15) is 22.4 Å². The molecule has 0 N–H and O–H groups in total. The number of nitrogens with zero attached hydrogens (tertiary/aromatic N) is 4. The van der Waals surface area contributed by atoms with Crippen LogP contribution in [0, 0.1) is 17.1 Å². The van der Waals surface area contributed by atoms with Gasteiger partial charge in [0.25, 0.3) is 5.91 Å². The van der Waals surface area contributed by atoms with E-state index in [2.05, 4.69) is 0 Å². The summed E-state index contributed by atoms with van der Waals surface area (Å²) in [6, 6.07) is 10.1. The highest BCUT2D eigenvalue weighted by Gasteiger charge is 2.31. The number of hydrogen-bond acceptors (Lipinski definition) is 6. The van der Waals surface area contributed by atoms with Gasteiger partial charge in [0.05, 0.1) is 32.3 Å². The first-order valence-electron chi connectivity index (χ1n) is 10.4. The summed E-state index contributed by atoms with van der Waals surface area (Å²) in [5.41, 5.74) is 0.680. The number of carbonyl (C=O) groups excluding carboxylic acids is 1. The van der Waals surface area contributed by atoms with Gasteiger partial charge in [-0.2, -0.15) is 9.57 Å². The zero-order valence-corrected chi connectivity index (χ0v) is 19.5. The highest BCUT2D eigenvalue weighted by molar-refractivity contribution is 7.89. The normalized spacial score (nSPS) is 15.0. The van der Waals surface area contributed by atoms with Gasteiger partial charge in [0.1, 0.15) is 5.82 Å². The minimum Gasteiger partial charge on any atom is -0.336 e. The minimum atomic E-state index is -3.82. The van der Waals surface area contributed by atoms with Crippen molar-refractivity contribution in [3.63, 3.8) is 0 Å². The fraction of sp³-hybridized carbons (Fsp3) is 0.318. The van der Waals surface area contributed by atoms with E-state index in [1.165, 1.54) is 33.5 Å². The molecule has 2 heterocycles. The molecular weight excluding hydrogens is 467 g/mol. The van der Waals surface area contributed by atoms with Crippen molar-refractivity contribution in [3.8, 4) is 6.07 Å². The van der Waals surface area contributed by atoms with Gasteiger partial charge in [-0.15, -0.1) is 0 Å². The highest BCUT2D eigenvalue weighted by Crippen LogP contribution is 2.25. The SMILES string of the molecule is CCCn1c(=O)sc2cc(S(=O)(=O)N3CCN(C(=O)c4ccc(C#N)cc4F)CC3)ccc21. The topological polar surface area (TPSA) is 103 Å². The van der Waals surface area contributed by atoms with Crippen LogP contribution in [0.5, 0.6) is 0 Å². The van der Waals surface area contributed by atoms with E-state index in [-0.39, 0.29) is 47.1 Å². The quantitative estimate of drug-likeness (QED) is 0.549. The van der Waals surface area contributed by atoms with Gasteiger partial charge in [-0.05, 0) is 42.8 Å². The van der Waals surface area contributed by atoms with Gasteiger partial charge < -0.3 is 4.90 Å². The molecule has 0 radical (unpaired) electrons. The van der Waals surface area contributed by atoms with Gasteiger partial charge in [-0.3, -0.25) is 14.2 Å². The molecule has 11 heteroatoms. The number of amides is 1. The highest BCUT2D eigenvalue weighted by atomic mass is 32.2. The van der Waals surface area contributed by atoms with E-state index < -0.39 is 21.7 Å². The number of piperazine rings is 1. The number of aryl methyl sites for hydroxylation is 1. The Morgan fingerprint density at radius 1 is 1.15 bits per heavy atom. The third-order valence-electron chi connectivity index (χ3n) is 5.58. The van der Waals surface area contributed by atoms with Crippen LogP contribution in [0.25, 0.3) is 10.2 Å². The standard InChI is InChI=1S/C22H21FN4O4S2/c1-2-7-27-19-6-4-16(13-20(19)32-22(27)29)33(30,31)26-10-8-25(9-11-26)21(28)17-5-3-15(14-24)12-18(17)23/h3-6,12-13H,2,7-11H2,1H3. The predicted octanol–water partition coefficient (Wildman–Crippen LogP) is 2.63. The molecule has 1 saturated heterocycles. The zero-order chi connectivity index (χ0) is 23.8. The van der Waals surface area contributed by atoms with Crippen LogP contribution in [-0.2, 0) is 16.6 Å². The van der Waals surface area contributed by atoms with Crippen LogP contribution >= 0.6 is 11.3 Å². The number of aromatic nitrogens is 1. The summed E-state index contributed by atoms with van der Waals surface area (Å²) in [7, 11) is -3.82. The fourth-order valence-electron chi connectivity index (χ4n) is 3.85. The number of thiazole rings is 1. The summed E-state index contributed by atoms with van der Waals surface area (Å²) in [4.78, 5) is 26.3. The average molecular weight is 489 g/mol. The first-order valence-corrected chi connectivity index (χ1v) is 12.6. The summed E-state index contributed by atoms with van der Waals surface area (Å²) >= 11 is 1.02. The molecule has 1 aromatic heterocycles. The molecule has 33 heavy (non-hydrogen) atoms. The van der Waals surface area contributed by atoms with Gasteiger partial charge in [-0.25, -0.2) is 12.8 Å². The Morgan fingerprint density at radius 3 is 2.52 bits per heavy atom. The molecule has 0 unspecified atom stereocenters. The lowest BCUT2D eigenvalue weighted by atomic mass is 10.1. The van der Waals surface area contributed by atoms with E-state index in [0.29, 0.717) is 16.8 Å². The number of benzene rings is 2. The van der Waals surface area contributed by atoms with E-state index in [1.807, 2.05) is 13.0 Å². The molecule has 0 bridgehead atoms. The third-order valence-corrected chi connectivity index (χ3v) is 8.42. The number of carbonyl (C=O) groups is 1. The second-order valence-electron chi connectivity index (χ2n) is 7.65. The van der Waals surface area contributed by atoms with Crippen molar-refractivity contribution >= 4 is 37.5 Å². The molecule has 4 rings (SSSR count). The summed E-state index contributed by atoms with van der Waals surface area (Å²) in [6.07, 6.45) is 0.793. The first-order chi connectivity index (χ1) is 15.8. The lowest BCUT2D eigenvalue weighted by Crippen LogP contribution is -2.50. The summed E-state index contributed by atoms with van der Waals surface area (Å²) < 4.78 is 44.1. The number of halogens is 1. The molecule has 2 aromatic carbocycles. The largest absolute Gasteiger partial charge is 0.336 e. The van der Waals surface area contributed by atoms with E-state index in [0.717, 1.165) is 23.8 Å². The molecule has 1 aliphatic rings. The lowest BCUT2D eigenvalue weighted by Gasteiger charge is -2.34. The van der Waals surface area contributed by atoms with Crippen molar-refractivity contribution in [2.75, 3.05) is 26.2 Å².